The molecule has 0 saturated carbocycles. The minimum absolute atomic E-state index is 0.0151. The van der Waals surface area contributed by atoms with Gasteiger partial charge in [-0.3, -0.25) is 4.79 Å². The SMILES string of the molecule is COc1ccc(S(=O)(=O)N2CCn3c2nc2ccccc23)cc1C(N)=O. The number of imidazole rings is 1. The molecule has 0 bridgehead atoms. The molecule has 0 saturated heterocycles. The number of rotatable bonds is 4. The molecule has 2 N–H and O–H groups in total. The number of nitrogens with zero attached hydrogens (tertiary/aromatic N) is 3. The van der Waals surface area contributed by atoms with Crippen molar-refractivity contribution in [3.63, 3.8) is 0 Å². The standard InChI is InChI=1S/C17H16N4O4S/c1-25-15-7-6-11(10-12(15)16(18)22)26(23,24)21-9-8-20-14-5-3-2-4-13(14)19-17(20)21/h2-7,10H,8-9H2,1H3,(H2,18,22). The van der Waals surface area contributed by atoms with Crippen LogP contribution in [0, 0.1) is 0 Å². The zero-order valence-electron chi connectivity index (χ0n) is 13.9. The second-order valence-corrected chi connectivity index (χ2v) is 7.72. The predicted molar refractivity (Wildman–Crippen MR) is 95.8 cm³/mol. The number of hydrogen-bond acceptors (Lipinski definition) is 5. The summed E-state index contributed by atoms with van der Waals surface area (Å²) in [5.74, 6) is -0.166. The van der Waals surface area contributed by atoms with Crippen molar-refractivity contribution in [3.05, 3.63) is 48.0 Å². The van der Waals surface area contributed by atoms with Gasteiger partial charge in [-0.05, 0) is 30.3 Å². The third-order valence-corrected chi connectivity index (χ3v) is 6.18. The summed E-state index contributed by atoms with van der Waals surface area (Å²) in [6, 6.07) is 11.5. The molecule has 2 aromatic carbocycles. The van der Waals surface area contributed by atoms with Crippen molar-refractivity contribution in [3.8, 4) is 5.75 Å². The first-order valence-electron chi connectivity index (χ1n) is 7.89. The number of anilines is 1. The molecule has 0 unspecified atom stereocenters. The van der Waals surface area contributed by atoms with Crippen molar-refractivity contribution in [1.29, 1.82) is 0 Å². The van der Waals surface area contributed by atoms with Gasteiger partial charge in [-0.2, -0.15) is 0 Å². The van der Waals surface area contributed by atoms with E-state index in [4.69, 9.17) is 10.5 Å². The number of methoxy groups -OCH3 is 1. The minimum atomic E-state index is -3.89. The van der Waals surface area contributed by atoms with Gasteiger partial charge in [0.1, 0.15) is 5.75 Å². The summed E-state index contributed by atoms with van der Waals surface area (Å²) in [5, 5.41) is 0. The molecular formula is C17H16N4O4S. The molecule has 0 atom stereocenters. The van der Waals surface area contributed by atoms with E-state index in [0.717, 1.165) is 11.0 Å². The summed E-state index contributed by atoms with van der Waals surface area (Å²) in [4.78, 5) is 16.0. The van der Waals surface area contributed by atoms with Gasteiger partial charge in [0.05, 0.1) is 35.1 Å². The molecule has 0 fully saturated rings. The molecule has 3 aromatic rings. The summed E-state index contributed by atoms with van der Waals surface area (Å²) < 4.78 is 34.4. The molecule has 0 radical (unpaired) electrons. The van der Waals surface area contributed by atoms with Gasteiger partial charge in [-0.15, -0.1) is 0 Å². The lowest BCUT2D eigenvalue weighted by Gasteiger charge is -2.17. The van der Waals surface area contributed by atoms with Crippen LogP contribution in [-0.4, -0.2) is 37.5 Å². The van der Waals surface area contributed by atoms with Crippen LogP contribution in [0.4, 0.5) is 5.95 Å². The summed E-state index contributed by atoms with van der Waals surface area (Å²) in [5.41, 5.74) is 6.97. The number of primary amides is 1. The summed E-state index contributed by atoms with van der Waals surface area (Å²) in [7, 11) is -2.51. The highest BCUT2D eigenvalue weighted by molar-refractivity contribution is 7.92. The average molecular weight is 372 g/mol. The molecule has 1 aliphatic rings. The largest absolute Gasteiger partial charge is 0.496 e. The molecule has 8 nitrogen and oxygen atoms in total. The number of benzene rings is 2. The zero-order chi connectivity index (χ0) is 18.5. The predicted octanol–water partition coefficient (Wildman–Crippen LogP) is 1.35. The van der Waals surface area contributed by atoms with Gasteiger partial charge >= 0.3 is 0 Å². The Morgan fingerprint density at radius 1 is 1.19 bits per heavy atom. The van der Waals surface area contributed by atoms with Gasteiger partial charge in [-0.25, -0.2) is 17.7 Å². The van der Waals surface area contributed by atoms with E-state index in [1.54, 1.807) is 0 Å². The number of para-hydroxylation sites is 2. The second-order valence-electron chi connectivity index (χ2n) is 5.86. The Labute approximate surface area is 149 Å². The number of carbonyl (C=O) groups is 1. The van der Waals surface area contributed by atoms with Crippen LogP contribution in [0.3, 0.4) is 0 Å². The second kappa shape index (κ2) is 5.73. The normalized spacial score (nSPS) is 13.8. The molecule has 0 spiro atoms. The van der Waals surface area contributed by atoms with E-state index in [1.807, 2.05) is 28.8 Å². The van der Waals surface area contributed by atoms with E-state index in [1.165, 1.54) is 29.6 Å². The third-order valence-electron chi connectivity index (χ3n) is 4.41. The summed E-state index contributed by atoms with van der Waals surface area (Å²) in [6.07, 6.45) is 0. The zero-order valence-corrected chi connectivity index (χ0v) is 14.7. The Morgan fingerprint density at radius 3 is 2.69 bits per heavy atom. The highest BCUT2D eigenvalue weighted by atomic mass is 32.2. The van der Waals surface area contributed by atoms with Crippen LogP contribution in [0.1, 0.15) is 10.4 Å². The van der Waals surface area contributed by atoms with Crippen LogP contribution in [-0.2, 0) is 16.6 Å². The maximum Gasteiger partial charge on any atom is 0.266 e. The first-order valence-corrected chi connectivity index (χ1v) is 9.33. The lowest BCUT2D eigenvalue weighted by atomic mass is 10.2. The first-order chi connectivity index (χ1) is 12.4. The number of hydrogen-bond donors (Lipinski definition) is 1. The molecule has 26 heavy (non-hydrogen) atoms. The first kappa shape index (κ1) is 16.4. The number of amides is 1. The molecule has 4 rings (SSSR count). The molecule has 1 aliphatic heterocycles. The molecule has 2 heterocycles. The van der Waals surface area contributed by atoms with E-state index in [0.29, 0.717) is 12.5 Å². The molecule has 1 aromatic heterocycles. The Balaban J connectivity index is 1.82. The smallest absolute Gasteiger partial charge is 0.266 e. The van der Waals surface area contributed by atoms with Gasteiger partial charge in [0.2, 0.25) is 5.95 Å². The highest BCUT2D eigenvalue weighted by Gasteiger charge is 2.34. The van der Waals surface area contributed by atoms with Gasteiger partial charge in [-0.1, -0.05) is 12.1 Å². The Hall–Kier alpha value is -3.07. The maximum absolute atomic E-state index is 13.1. The number of fused-ring (bicyclic) bond motifs is 3. The van der Waals surface area contributed by atoms with Crippen LogP contribution in [0.5, 0.6) is 5.75 Å². The van der Waals surface area contributed by atoms with Gasteiger partial charge in [0.15, 0.2) is 0 Å². The van der Waals surface area contributed by atoms with Crippen LogP contribution in [0.15, 0.2) is 47.4 Å². The molecule has 9 heteroatoms. The van der Waals surface area contributed by atoms with E-state index in [9.17, 15) is 13.2 Å². The van der Waals surface area contributed by atoms with Crippen molar-refractivity contribution in [2.75, 3.05) is 18.0 Å². The van der Waals surface area contributed by atoms with Crippen molar-refractivity contribution >= 4 is 32.9 Å². The van der Waals surface area contributed by atoms with Crippen molar-refractivity contribution in [2.45, 2.75) is 11.4 Å². The number of aromatic nitrogens is 2. The van der Waals surface area contributed by atoms with Crippen molar-refractivity contribution in [2.24, 2.45) is 5.73 Å². The Kier molecular flexibility index (Phi) is 3.62. The van der Waals surface area contributed by atoms with Crippen molar-refractivity contribution in [1.82, 2.24) is 9.55 Å². The number of sulfonamides is 1. The van der Waals surface area contributed by atoms with Gasteiger partial charge in [0.25, 0.3) is 15.9 Å². The number of nitrogens with two attached hydrogens (primary N) is 1. The highest BCUT2D eigenvalue weighted by Crippen LogP contribution is 2.32. The van der Waals surface area contributed by atoms with Crippen molar-refractivity contribution < 1.29 is 17.9 Å². The fourth-order valence-electron chi connectivity index (χ4n) is 3.16. The quantitative estimate of drug-likeness (QED) is 0.744. The third kappa shape index (κ3) is 2.31. The van der Waals surface area contributed by atoms with Gasteiger partial charge in [0, 0.05) is 6.54 Å². The monoisotopic (exact) mass is 372 g/mol. The van der Waals surface area contributed by atoms with Crippen LogP contribution < -0.4 is 14.8 Å². The number of ether oxygens (including phenoxy) is 1. The van der Waals surface area contributed by atoms with E-state index in [2.05, 4.69) is 4.98 Å². The van der Waals surface area contributed by atoms with Crippen LogP contribution in [0.25, 0.3) is 11.0 Å². The lowest BCUT2D eigenvalue weighted by molar-refractivity contribution is 0.0997. The summed E-state index contributed by atoms with van der Waals surface area (Å²) >= 11 is 0. The Morgan fingerprint density at radius 2 is 1.96 bits per heavy atom. The van der Waals surface area contributed by atoms with E-state index >= 15 is 0 Å². The number of carbonyl (C=O) groups excluding carboxylic acids is 1. The molecule has 1 amide bonds. The fourth-order valence-corrected chi connectivity index (χ4v) is 4.60. The van der Waals surface area contributed by atoms with E-state index in [-0.39, 0.29) is 22.8 Å². The Bertz CT molecular complexity index is 1140. The van der Waals surface area contributed by atoms with Crippen LogP contribution in [0.2, 0.25) is 0 Å². The lowest BCUT2D eigenvalue weighted by Crippen LogP contribution is -2.30. The topological polar surface area (TPSA) is 108 Å². The van der Waals surface area contributed by atoms with E-state index < -0.39 is 15.9 Å². The minimum Gasteiger partial charge on any atom is -0.496 e. The molecule has 134 valence electrons. The van der Waals surface area contributed by atoms with Crippen LogP contribution >= 0.6 is 0 Å². The summed E-state index contributed by atoms with van der Waals surface area (Å²) in [6.45, 7) is 0.779. The van der Waals surface area contributed by atoms with Gasteiger partial charge < -0.3 is 15.0 Å². The fraction of sp³-hybridized carbons (Fsp3) is 0.176. The maximum atomic E-state index is 13.1. The molecule has 0 aliphatic carbocycles. The molecular weight excluding hydrogens is 356 g/mol. The average Bonchev–Trinajstić information content (AvgIpc) is 3.20.